The van der Waals surface area contributed by atoms with Crippen molar-refractivity contribution in [2.75, 3.05) is 33.5 Å². The van der Waals surface area contributed by atoms with Crippen molar-refractivity contribution < 1.29 is 24.5 Å². The van der Waals surface area contributed by atoms with E-state index in [2.05, 4.69) is 10.3 Å². The van der Waals surface area contributed by atoms with Crippen LogP contribution in [0.15, 0.2) is 24.5 Å². The maximum Gasteiger partial charge on any atom is 0.252 e. The van der Waals surface area contributed by atoms with Crippen molar-refractivity contribution >= 4 is 18.3 Å². The largest absolute Gasteiger partial charge is 0.390 e. The van der Waals surface area contributed by atoms with Crippen molar-refractivity contribution in [1.82, 2.24) is 10.3 Å². The van der Waals surface area contributed by atoms with Gasteiger partial charge in [-0.2, -0.15) is 0 Å². The number of ether oxygens (including phenoxy) is 2. The summed E-state index contributed by atoms with van der Waals surface area (Å²) < 4.78 is 10.5. The normalized spacial score (nSPS) is 26.0. The molecule has 0 aliphatic heterocycles. The molecule has 1 aromatic rings. The summed E-state index contributed by atoms with van der Waals surface area (Å²) in [5.41, 5.74) is -0.00759. The van der Waals surface area contributed by atoms with Gasteiger partial charge in [-0.05, 0) is 25.0 Å². The second-order valence-electron chi connectivity index (χ2n) is 6.01. The number of carbonyl (C=O) groups is 1. The van der Waals surface area contributed by atoms with E-state index in [9.17, 15) is 15.0 Å². The number of aromatic nitrogens is 1. The number of pyridine rings is 1. The minimum Gasteiger partial charge on any atom is -0.390 e. The highest BCUT2D eigenvalue weighted by Crippen LogP contribution is 2.38. The van der Waals surface area contributed by atoms with Gasteiger partial charge in [0.05, 0.1) is 37.6 Å². The molecule has 2 rings (SSSR count). The lowest BCUT2D eigenvalue weighted by Gasteiger charge is -2.29. The highest BCUT2D eigenvalue weighted by atomic mass is 35.5. The molecule has 0 spiro atoms. The first-order valence-corrected chi connectivity index (χ1v) is 7.67. The van der Waals surface area contributed by atoms with Crippen LogP contribution >= 0.6 is 12.4 Å². The lowest BCUT2D eigenvalue weighted by Crippen LogP contribution is -2.40. The maximum atomic E-state index is 12.1. The smallest absolute Gasteiger partial charge is 0.252 e. The molecule has 1 fully saturated rings. The van der Waals surface area contributed by atoms with Gasteiger partial charge in [-0.1, -0.05) is 0 Å². The Kier molecular flexibility index (Phi) is 8.58. The van der Waals surface area contributed by atoms with E-state index in [1.807, 2.05) is 0 Å². The molecular weight excluding hydrogens is 336 g/mol. The average molecular weight is 361 g/mol. The zero-order chi connectivity index (χ0) is 16.7. The number of hydrogen-bond donors (Lipinski definition) is 3. The van der Waals surface area contributed by atoms with Crippen LogP contribution in [-0.4, -0.2) is 66.8 Å². The summed E-state index contributed by atoms with van der Waals surface area (Å²) in [7, 11) is 1.59. The van der Waals surface area contributed by atoms with Crippen LogP contribution in [0.5, 0.6) is 0 Å². The Morgan fingerprint density at radius 1 is 1.38 bits per heavy atom. The number of carbonyl (C=O) groups excluding carboxylic acids is 1. The second kappa shape index (κ2) is 9.90. The third kappa shape index (κ3) is 5.68. The van der Waals surface area contributed by atoms with E-state index in [0.717, 1.165) is 0 Å². The van der Waals surface area contributed by atoms with Crippen molar-refractivity contribution in [2.24, 2.45) is 5.41 Å². The van der Waals surface area contributed by atoms with Crippen molar-refractivity contribution in [3.8, 4) is 0 Å². The monoisotopic (exact) mass is 360 g/mol. The van der Waals surface area contributed by atoms with Gasteiger partial charge in [0.1, 0.15) is 0 Å². The fourth-order valence-corrected chi connectivity index (χ4v) is 2.85. The van der Waals surface area contributed by atoms with E-state index < -0.39 is 17.6 Å². The quantitative estimate of drug-likeness (QED) is 0.580. The van der Waals surface area contributed by atoms with Crippen LogP contribution in [0.4, 0.5) is 0 Å². The number of rotatable bonds is 8. The standard InChI is InChI=1S/C16H24N2O5.ClH/c1-22-5-6-23-11-16(7-13(19)14(20)8-16)10-18-15(21)12-3-2-4-17-9-12;/h2-4,9,13-14,19-20H,5-8,10-11H2,1H3,(H,18,21);1H/t13-,14+,16?;. The Bertz CT molecular complexity index is 493. The van der Waals surface area contributed by atoms with Gasteiger partial charge in [-0.15, -0.1) is 12.4 Å². The number of aliphatic hydroxyl groups excluding tert-OH is 2. The lowest BCUT2D eigenvalue weighted by molar-refractivity contribution is 0.0114. The van der Waals surface area contributed by atoms with Crippen LogP contribution in [-0.2, 0) is 9.47 Å². The van der Waals surface area contributed by atoms with Gasteiger partial charge in [0.2, 0.25) is 0 Å². The summed E-state index contributed by atoms with van der Waals surface area (Å²) in [5, 5.41) is 22.6. The van der Waals surface area contributed by atoms with E-state index in [-0.39, 0.29) is 18.3 Å². The number of methoxy groups -OCH3 is 1. The topological polar surface area (TPSA) is 101 Å². The first-order chi connectivity index (χ1) is 11.1. The third-order valence-electron chi connectivity index (χ3n) is 4.12. The Morgan fingerprint density at radius 3 is 2.67 bits per heavy atom. The molecule has 3 atom stereocenters. The second-order valence-corrected chi connectivity index (χ2v) is 6.01. The number of hydrogen-bond acceptors (Lipinski definition) is 6. The Morgan fingerprint density at radius 2 is 2.08 bits per heavy atom. The van der Waals surface area contributed by atoms with Gasteiger partial charge >= 0.3 is 0 Å². The number of amides is 1. The number of nitrogens with zero attached hydrogens (tertiary/aromatic N) is 1. The molecule has 1 heterocycles. The highest BCUT2D eigenvalue weighted by molar-refractivity contribution is 5.93. The predicted molar refractivity (Wildman–Crippen MR) is 90.2 cm³/mol. The van der Waals surface area contributed by atoms with Crippen LogP contribution in [0.3, 0.4) is 0 Å². The highest BCUT2D eigenvalue weighted by Gasteiger charge is 2.44. The van der Waals surface area contributed by atoms with E-state index in [0.29, 0.717) is 44.8 Å². The molecule has 1 amide bonds. The zero-order valence-electron chi connectivity index (χ0n) is 13.7. The maximum absolute atomic E-state index is 12.1. The van der Waals surface area contributed by atoms with Gasteiger partial charge in [-0.25, -0.2) is 0 Å². The zero-order valence-corrected chi connectivity index (χ0v) is 14.5. The minimum absolute atomic E-state index is 0. The van der Waals surface area contributed by atoms with Crippen molar-refractivity contribution in [3.05, 3.63) is 30.1 Å². The van der Waals surface area contributed by atoms with Crippen LogP contribution in [0.1, 0.15) is 23.2 Å². The molecule has 0 aromatic carbocycles. The summed E-state index contributed by atoms with van der Waals surface area (Å²) in [6.07, 6.45) is 2.27. The summed E-state index contributed by atoms with van der Waals surface area (Å²) >= 11 is 0. The van der Waals surface area contributed by atoms with Gasteiger partial charge in [0.15, 0.2) is 0 Å². The van der Waals surface area contributed by atoms with Crippen LogP contribution in [0.2, 0.25) is 0 Å². The molecule has 1 unspecified atom stereocenters. The molecular formula is C16H25ClN2O5. The SMILES string of the molecule is COCCOCC1(CNC(=O)c2cccnc2)C[C@@H](O)[C@@H](O)C1.Cl. The molecule has 1 saturated carbocycles. The Labute approximate surface area is 147 Å². The molecule has 8 heteroatoms. The van der Waals surface area contributed by atoms with Gasteiger partial charge in [0, 0.05) is 31.5 Å². The van der Waals surface area contributed by atoms with Crippen molar-refractivity contribution in [1.29, 1.82) is 0 Å². The summed E-state index contributed by atoms with van der Waals surface area (Å²) in [6, 6.07) is 3.38. The first-order valence-electron chi connectivity index (χ1n) is 7.67. The van der Waals surface area contributed by atoms with E-state index >= 15 is 0 Å². The van der Waals surface area contributed by atoms with E-state index in [1.165, 1.54) is 6.20 Å². The van der Waals surface area contributed by atoms with Crippen LogP contribution in [0, 0.1) is 5.41 Å². The van der Waals surface area contributed by atoms with Gasteiger partial charge < -0.3 is 25.0 Å². The van der Waals surface area contributed by atoms with E-state index in [4.69, 9.17) is 9.47 Å². The van der Waals surface area contributed by atoms with Gasteiger partial charge in [0.25, 0.3) is 5.91 Å². The first kappa shape index (κ1) is 20.8. The number of aliphatic hydroxyl groups is 2. The third-order valence-corrected chi connectivity index (χ3v) is 4.12. The number of halogens is 1. The number of nitrogens with one attached hydrogen (secondary N) is 1. The van der Waals surface area contributed by atoms with Crippen LogP contribution in [0.25, 0.3) is 0 Å². The molecule has 1 aliphatic rings. The molecule has 7 nitrogen and oxygen atoms in total. The lowest BCUT2D eigenvalue weighted by atomic mass is 9.86. The fourth-order valence-electron chi connectivity index (χ4n) is 2.85. The minimum atomic E-state index is -0.795. The molecule has 0 radical (unpaired) electrons. The molecule has 0 saturated heterocycles. The molecule has 24 heavy (non-hydrogen) atoms. The van der Waals surface area contributed by atoms with Crippen molar-refractivity contribution in [2.45, 2.75) is 25.0 Å². The van der Waals surface area contributed by atoms with E-state index in [1.54, 1.807) is 25.4 Å². The fraction of sp³-hybridized carbons (Fsp3) is 0.625. The molecule has 1 aliphatic carbocycles. The summed E-state index contributed by atoms with van der Waals surface area (Å²) in [6.45, 7) is 1.57. The van der Waals surface area contributed by atoms with Gasteiger partial charge in [-0.3, -0.25) is 9.78 Å². The molecule has 0 bridgehead atoms. The average Bonchev–Trinajstić information content (AvgIpc) is 2.85. The summed E-state index contributed by atoms with van der Waals surface area (Å²) in [5.74, 6) is -0.231. The Balaban J connectivity index is 0.00000288. The van der Waals surface area contributed by atoms with Crippen LogP contribution < -0.4 is 5.32 Å². The summed E-state index contributed by atoms with van der Waals surface area (Å²) in [4.78, 5) is 16.1. The van der Waals surface area contributed by atoms with Crippen molar-refractivity contribution in [3.63, 3.8) is 0 Å². The molecule has 1 aromatic heterocycles. The predicted octanol–water partition coefficient (Wildman–Crippen LogP) is 0.398. The molecule has 136 valence electrons. The Hall–Kier alpha value is -1.25. The molecule has 3 N–H and O–H groups in total.